The lowest BCUT2D eigenvalue weighted by Crippen LogP contribution is -2.32. The highest BCUT2D eigenvalue weighted by molar-refractivity contribution is 6.32. The number of aryl methyl sites for hydroxylation is 1. The number of nitrogens with one attached hydrogen (secondary N) is 2. The van der Waals surface area contributed by atoms with Crippen LogP contribution in [0.4, 0.5) is 16.2 Å². The number of carbonyl (C=O) groups excluding carboxylic acids is 1. The molecule has 0 bridgehead atoms. The van der Waals surface area contributed by atoms with Gasteiger partial charge in [-0.15, -0.1) is 0 Å². The van der Waals surface area contributed by atoms with Gasteiger partial charge in [-0.3, -0.25) is 0 Å². The van der Waals surface area contributed by atoms with Gasteiger partial charge < -0.3 is 20.3 Å². The Hall–Kier alpha value is -2.40. The number of ether oxygens (including phenoxy) is 1. The second-order valence-electron chi connectivity index (χ2n) is 5.60. The topological polar surface area (TPSA) is 53.6 Å². The Kier molecular flexibility index (Phi) is 6.32. The summed E-state index contributed by atoms with van der Waals surface area (Å²) in [5.74, 6) is 0.623. The van der Waals surface area contributed by atoms with E-state index in [0.717, 1.165) is 16.9 Å². The van der Waals surface area contributed by atoms with Crippen LogP contribution in [-0.4, -0.2) is 33.3 Å². The number of rotatable bonds is 6. The van der Waals surface area contributed by atoms with Crippen LogP contribution >= 0.6 is 11.6 Å². The highest BCUT2D eigenvalue weighted by Crippen LogP contribution is 2.24. The lowest BCUT2D eigenvalue weighted by molar-refractivity contribution is 0.247. The third kappa shape index (κ3) is 5.35. The van der Waals surface area contributed by atoms with Gasteiger partial charge in [0, 0.05) is 25.5 Å². The summed E-state index contributed by atoms with van der Waals surface area (Å²) in [5, 5.41) is 6.08. The van der Waals surface area contributed by atoms with E-state index in [0.29, 0.717) is 23.9 Å². The molecule has 6 heteroatoms. The third-order valence-corrected chi connectivity index (χ3v) is 3.69. The van der Waals surface area contributed by atoms with Crippen LogP contribution in [0.2, 0.25) is 5.02 Å². The van der Waals surface area contributed by atoms with Gasteiger partial charge in [0.05, 0.1) is 11.6 Å². The molecular weight excluding hydrogens is 326 g/mol. The first kappa shape index (κ1) is 17.9. The quantitative estimate of drug-likeness (QED) is 0.779. The lowest BCUT2D eigenvalue weighted by atomic mass is 10.2. The maximum Gasteiger partial charge on any atom is 0.319 e. The second-order valence-corrected chi connectivity index (χ2v) is 6.01. The maximum absolute atomic E-state index is 11.8. The molecule has 0 fully saturated rings. The first-order valence-corrected chi connectivity index (χ1v) is 8.04. The average Bonchev–Trinajstić information content (AvgIpc) is 2.55. The Labute approximate surface area is 147 Å². The van der Waals surface area contributed by atoms with Crippen LogP contribution in [0.15, 0.2) is 42.5 Å². The van der Waals surface area contributed by atoms with E-state index in [2.05, 4.69) is 10.6 Å². The van der Waals surface area contributed by atoms with Crippen molar-refractivity contribution in [1.82, 2.24) is 5.32 Å². The van der Waals surface area contributed by atoms with Crippen molar-refractivity contribution in [3.63, 3.8) is 0 Å². The van der Waals surface area contributed by atoms with E-state index in [1.54, 1.807) is 6.07 Å². The molecule has 0 aliphatic carbocycles. The minimum atomic E-state index is -0.272. The van der Waals surface area contributed by atoms with Crippen LogP contribution in [0.3, 0.4) is 0 Å². The summed E-state index contributed by atoms with van der Waals surface area (Å²) in [6.07, 6.45) is 0. The summed E-state index contributed by atoms with van der Waals surface area (Å²) < 4.78 is 5.58. The zero-order valence-corrected chi connectivity index (χ0v) is 14.9. The number of urea groups is 1. The Bertz CT molecular complexity index is 687. The summed E-state index contributed by atoms with van der Waals surface area (Å²) >= 11 is 6.05. The smallest absolute Gasteiger partial charge is 0.319 e. The molecule has 2 aromatic rings. The average molecular weight is 348 g/mol. The molecule has 0 spiro atoms. The zero-order chi connectivity index (χ0) is 17.5. The van der Waals surface area contributed by atoms with Gasteiger partial charge in [-0.1, -0.05) is 17.7 Å². The fourth-order valence-electron chi connectivity index (χ4n) is 2.06. The van der Waals surface area contributed by atoms with Crippen LogP contribution in [-0.2, 0) is 0 Å². The number of hydrogen-bond acceptors (Lipinski definition) is 3. The fourth-order valence-corrected chi connectivity index (χ4v) is 2.24. The highest BCUT2D eigenvalue weighted by Gasteiger charge is 2.04. The van der Waals surface area contributed by atoms with E-state index in [-0.39, 0.29) is 6.03 Å². The van der Waals surface area contributed by atoms with Crippen molar-refractivity contribution in [1.29, 1.82) is 0 Å². The molecule has 0 aliphatic heterocycles. The first-order valence-electron chi connectivity index (χ1n) is 7.67. The molecule has 2 N–H and O–H groups in total. The summed E-state index contributed by atoms with van der Waals surface area (Å²) in [6, 6.07) is 12.9. The number of benzene rings is 2. The van der Waals surface area contributed by atoms with E-state index >= 15 is 0 Å². The Morgan fingerprint density at radius 3 is 2.54 bits per heavy atom. The number of amides is 2. The maximum atomic E-state index is 11.8. The zero-order valence-electron chi connectivity index (χ0n) is 14.1. The van der Waals surface area contributed by atoms with Crippen LogP contribution in [0, 0.1) is 6.92 Å². The summed E-state index contributed by atoms with van der Waals surface area (Å²) in [6.45, 7) is 2.69. The van der Waals surface area contributed by atoms with Gasteiger partial charge in [0.2, 0.25) is 0 Å². The number of carbonyl (C=O) groups is 1. The van der Waals surface area contributed by atoms with Crippen LogP contribution in [0.5, 0.6) is 5.75 Å². The minimum absolute atomic E-state index is 0.272. The van der Waals surface area contributed by atoms with Gasteiger partial charge in [-0.25, -0.2) is 4.79 Å². The predicted octanol–water partition coefficient (Wildman–Crippen LogP) is 3.91. The minimum Gasteiger partial charge on any atom is -0.490 e. The molecule has 5 nitrogen and oxygen atoms in total. The summed E-state index contributed by atoms with van der Waals surface area (Å²) in [7, 11) is 3.94. The first-order chi connectivity index (χ1) is 11.5. The van der Waals surface area contributed by atoms with Gasteiger partial charge in [0.25, 0.3) is 0 Å². The second kappa shape index (κ2) is 8.45. The van der Waals surface area contributed by atoms with Crippen LogP contribution in [0.25, 0.3) is 0 Å². The van der Waals surface area contributed by atoms with Gasteiger partial charge in [0.1, 0.15) is 12.4 Å². The normalized spacial score (nSPS) is 10.2. The molecule has 128 valence electrons. The van der Waals surface area contributed by atoms with E-state index < -0.39 is 0 Å². The standard InChI is InChI=1S/C18H22ClN3O2/c1-13-4-9-16(19)17(12-13)24-11-10-20-18(23)21-14-5-7-15(8-6-14)22(2)3/h4-9,12H,10-11H2,1-3H3,(H2,20,21,23). The molecule has 2 aromatic carbocycles. The fraction of sp³-hybridized carbons (Fsp3) is 0.278. The van der Waals surface area contributed by atoms with E-state index in [1.807, 2.05) is 62.3 Å². The SMILES string of the molecule is Cc1ccc(Cl)c(OCCNC(=O)Nc2ccc(N(C)C)cc2)c1. The Balaban J connectivity index is 1.74. The Morgan fingerprint density at radius 1 is 1.17 bits per heavy atom. The molecule has 0 atom stereocenters. The predicted molar refractivity (Wildman–Crippen MR) is 99.5 cm³/mol. The van der Waals surface area contributed by atoms with Crippen molar-refractivity contribution in [2.24, 2.45) is 0 Å². The molecule has 0 saturated heterocycles. The molecule has 2 amide bonds. The van der Waals surface area contributed by atoms with Gasteiger partial charge in [-0.2, -0.15) is 0 Å². The van der Waals surface area contributed by atoms with E-state index in [4.69, 9.17) is 16.3 Å². The molecule has 0 aromatic heterocycles. The lowest BCUT2D eigenvalue weighted by Gasteiger charge is -2.13. The van der Waals surface area contributed by atoms with Crippen molar-refractivity contribution in [2.45, 2.75) is 6.92 Å². The van der Waals surface area contributed by atoms with Crippen molar-refractivity contribution in [2.75, 3.05) is 37.5 Å². The molecule has 0 aliphatic rings. The highest BCUT2D eigenvalue weighted by atomic mass is 35.5. The third-order valence-electron chi connectivity index (χ3n) is 3.37. The number of anilines is 2. The van der Waals surface area contributed by atoms with Gasteiger partial charge in [0.15, 0.2) is 0 Å². The summed E-state index contributed by atoms with van der Waals surface area (Å²) in [5.41, 5.74) is 2.88. The molecule has 2 rings (SSSR count). The monoisotopic (exact) mass is 347 g/mol. The number of halogens is 1. The van der Waals surface area contributed by atoms with Gasteiger partial charge in [-0.05, 0) is 48.9 Å². The molecule has 0 unspecified atom stereocenters. The molecule has 0 radical (unpaired) electrons. The van der Waals surface area contributed by atoms with Crippen molar-refractivity contribution in [3.05, 3.63) is 53.1 Å². The number of nitrogens with zero attached hydrogens (tertiary/aromatic N) is 1. The van der Waals surface area contributed by atoms with Crippen molar-refractivity contribution >= 4 is 29.0 Å². The largest absolute Gasteiger partial charge is 0.490 e. The molecule has 0 heterocycles. The number of hydrogen-bond donors (Lipinski definition) is 2. The van der Waals surface area contributed by atoms with Crippen LogP contribution in [0.1, 0.15) is 5.56 Å². The Morgan fingerprint density at radius 2 is 1.88 bits per heavy atom. The van der Waals surface area contributed by atoms with Crippen molar-refractivity contribution < 1.29 is 9.53 Å². The molecule has 24 heavy (non-hydrogen) atoms. The van der Waals surface area contributed by atoms with Gasteiger partial charge >= 0.3 is 6.03 Å². The molecular formula is C18H22ClN3O2. The van der Waals surface area contributed by atoms with Crippen LogP contribution < -0.4 is 20.3 Å². The van der Waals surface area contributed by atoms with E-state index in [1.165, 1.54) is 0 Å². The van der Waals surface area contributed by atoms with Crippen molar-refractivity contribution in [3.8, 4) is 5.75 Å². The summed E-state index contributed by atoms with van der Waals surface area (Å²) in [4.78, 5) is 13.8. The molecule has 0 saturated carbocycles. The van der Waals surface area contributed by atoms with E-state index in [9.17, 15) is 4.79 Å².